The van der Waals surface area contributed by atoms with Gasteiger partial charge in [0, 0.05) is 5.75 Å². The van der Waals surface area contributed by atoms with E-state index in [1.165, 1.54) is 0 Å². The molecule has 2 rings (SSSR count). The second-order valence-electron chi connectivity index (χ2n) is 4.44. The van der Waals surface area contributed by atoms with Gasteiger partial charge in [-0.2, -0.15) is 11.8 Å². The minimum absolute atomic E-state index is 0.0710. The zero-order valence-corrected chi connectivity index (χ0v) is 10.7. The van der Waals surface area contributed by atoms with E-state index < -0.39 is 5.60 Å². The van der Waals surface area contributed by atoms with E-state index in [0.29, 0.717) is 12.2 Å². The topological polar surface area (TPSA) is 49.3 Å². The molecule has 0 radical (unpaired) electrons. The first-order valence-electron chi connectivity index (χ1n) is 5.78. The van der Waals surface area contributed by atoms with Crippen molar-refractivity contribution in [1.82, 2.24) is 5.32 Å². The molecule has 2 N–H and O–H groups in total. The van der Waals surface area contributed by atoms with Crippen LogP contribution in [0.2, 0.25) is 0 Å². The highest BCUT2D eigenvalue weighted by Crippen LogP contribution is 2.28. The van der Waals surface area contributed by atoms with Gasteiger partial charge in [-0.25, -0.2) is 0 Å². The van der Waals surface area contributed by atoms with Crippen LogP contribution in [0.3, 0.4) is 0 Å². The third kappa shape index (κ3) is 2.82. The van der Waals surface area contributed by atoms with Crippen LogP contribution in [0.1, 0.15) is 24.9 Å². The van der Waals surface area contributed by atoms with E-state index >= 15 is 0 Å². The van der Waals surface area contributed by atoms with Crippen molar-refractivity contribution in [2.24, 2.45) is 0 Å². The van der Waals surface area contributed by atoms with E-state index in [1.54, 1.807) is 11.8 Å². The quantitative estimate of drug-likeness (QED) is 0.860. The Balaban J connectivity index is 1.99. The van der Waals surface area contributed by atoms with Crippen LogP contribution < -0.4 is 5.32 Å². The molecular weight excluding hydrogens is 234 g/mol. The van der Waals surface area contributed by atoms with Crippen LogP contribution in [0, 0.1) is 0 Å². The molecule has 17 heavy (non-hydrogen) atoms. The average Bonchev–Trinajstić information content (AvgIpc) is 2.78. The van der Waals surface area contributed by atoms with Crippen LogP contribution in [0.4, 0.5) is 0 Å². The van der Waals surface area contributed by atoms with Crippen molar-refractivity contribution < 1.29 is 9.90 Å². The van der Waals surface area contributed by atoms with Crippen LogP contribution >= 0.6 is 11.8 Å². The fourth-order valence-corrected chi connectivity index (χ4v) is 3.13. The zero-order chi connectivity index (χ0) is 12.3. The van der Waals surface area contributed by atoms with Crippen molar-refractivity contribution in [2.75, 3.05) is 11.5 Å². The van der Waals surface area contributed by atoms with E-state index in [0.717, 1.165) is 11.3 Å². The molecule has 2 atom stereocenters. The van der Waals surface area contributed by atoms with Crippen molar-refractivity contribution in [1.29, 1.82) is 0 Å². The van der Waals surface area contributed by atoms with E-state index in [-0.39, 0.29) is 11.9 Å². The molecule has 1 fully saturated rings. The standard InChI is InChI=1S/C13H17NO2S/c1-10(11-5-3-2-4-6-11)14-12(15)13(16)7-8-17-9-13/h2-6,10,16H,7-9H2,1H3,(H,14,15)/t10-,13?/m0/s1. The molecule has 0 bridgehead atoms. The first-order chi connectivity index (χ1) is 8.12. The Hall–Kier alpha value is -1.00. The highest BCUT2D eigenvalue weighted by molar-refractivity contribution is 7.99. The summed E-state index contributed by atoms with van der Waals surface area (Å²) in [6.07, 6.45) is 0.547. The van der Waals surface area contributed by atoms with Gasteiger partial charge in [-0.05, 0) is 24.7 Å². The van der Waals surface area contributed by atoms with Gasteiger partial charge in [0.25, 0.3) is 5.91 Å². The summed E-state index contributed by atoms with van der Waals surface area (Å²) in [5.41, 5.74) is -0.122. The summed E-state index contributed by atoms with van der Waals surface area (Å²) in [6.45, 7) is 1.93. The lowest BCUT2D eigenvalue weighted by Gasteiger charge is -2.23. The summed E-state index contributed by atoms with van der Waals surface area (Å²) in [4.78, 5) is 12.0. The summed E-state index contributed by atoms with van der Waals surface area (Å²) in [5.74, 6) is 1.10. The van der Waals surface area contributed by atoms with E-state index in [2.05, 4.69) is 5.32 Å². The van der Waals surface area contributed by atoms with Crippen molar-refractivity contribution in [3.05, 3.63) is 35.9 Å². The molecule has 4 heteroatoms. The van der Waals surface area contributed by atoms with E-state index in [1.807, 2.05) is 37.3 Å². The second kappa shape index (κ2) is 5.10. The average molecular weight is 251 g/mol. The van der Waals surface area contributed by atoms with Crippen molar-refractivity contribution in [3.63, 3.8) is 0 Å². The summed E-state index contributed by atoms with van der Waals surface area (Å²) in [7, 11) is 0. The maximum Gasteiger partial charge on any atom is 0.253 e. The maximum absolute atomic E-state index is 12.0. The molecule has 1 unspecified atom stereocenters. The van der Waals surface area contributed by atoms with Crippen LogP contribution in [-0.2, 0) is 4.79 Å². The number of nitrogens with one attached hydrogen (secondary N) is 1. The Labute approximate surface area is 106 Å². The molecule has 0 aromatic heterocycles. The molecule has 1 aromatic rings. The fourth-order valence-electron chi connectivity index (χ4n) is 1.89. The number of carbonyl (C=O) groups is 1. The Kier molecular flexibility index (Phi) is 3.74. The highest BCUT2D eigenvalue weighted by Gasteiger charge is 2.39. The lowest BCUT2D eigenvalue weighted by atomic mass is 10.0. The van der Waals surface area contributed by atoms with Crippen LogP contribution in [0.5, 0.6) is 0 Å². The first kappa shape index (κ1) is 12.5. The molecule has 1 amide bonds. The maximum atomic E-state index is 12.0. The first-order valence-corrected chi connectivity index (χ1v) is 6.93. The number of hydrogen-bond donors (Lipinski definition) is 2. The lowest BCUT2D eigenvalue weighted by Crippen LogP contribution is -2.47. The number of amides is 1. The molecule has 1 aromatic carbocycles. The summed E-state index contributed by atoms with van der Waals surface area (Å²) in [5, 5.41) is 13.0. The summed E-state index contributed by atoms with van der Waals surface area (Å²) < 4.78 is 0. The largest absolute Gasteiger partial charge is 0.379 e. The van der Waals surface area contributed by atoms with Crippen molar-refractivity contribution in [2.45, 2.75) is 25.0 Å². The summed E-state index contributed by atoms with van der Waals surface area (Å²) in [6, 6.07) is 9.70. The Morgan fingerprint density at radius 2 is 2.18 bits per heavy atom. The predicted octanol–water partition coefficient (Wildman–Crippen LogP) is 1.73. The van der Waals surface area contributed by atoms with Crippen LogP contribution in [0.25, 0.3) is 0 Å². The third-order valence-electron chi connectivity index (χ3n) is 3.07. The molecule has 0 spiro atoms. The predicted molar refractivity (Wildman–Crippen MR) is 69.9 cm³/mol. The molecule has 3 nitrogen and oxygen atoms in total. The number of benzene rings is 1. The zero-order valence-electron chi connectivity index (χ0n) is 9.85. The van der Waals surface area contributed by atoms with Gasteiger partial charge in [-0.1, -0.05) is 30.3 Å². The Morgan fingerprint density at radius 3 is 2.76 bits per heavy atom. The van der Waals surface area contributed by atoms with Gasteiger partial charge >= 0.3 is 0 Å². The highest BCUT2D eigenvalue weighted by atomic mass is 32.2. The van der Waals surface area contributed by atoms with Crippen molar-refractivity contribution >= 4 is 17.7 Å². The number of thioether (sulfide) groups is 1. The summed E-state index contributed by atoms with van der Waals surface area (Å²) >= 11 is 1.62. The smallest absolute Gasteiger partial charge is 0.253 e. The van der Waals surface area contributed by atoms with Gasteiger partial charge in [0.1, 0.15) is 0 Å². The molecule has 92 valence electrons. The molecular formula is C13H17NO2S. The molecule has 0 aliphatic carbocycles. The number of aliphatic hydroxyl groups is 1. The number of rotatable bonds is 3. The van der Waals surface area contributed by atoms with E-state index in [9.17, 15) is 9.90 Å². The van der Waals surface area contributed by atoms with Gasteiger partial charge in [0.2, 0.25) is 0 Å². The van der Waals surface area contributed by atoms with Crippen LogP contribution in [0.15, 0.2) is 30.3 Å². The van der Waals surface area contributed by atoms with Gasteiger partial charge < -0.3 is 10.4 Å². The van der Waals surface area contributed by atoms with E-state index in [4.69, 9.17) is 0 Å². The second-order valence-corrected chi connectivity index (χ2v) is 5.55. The SMILES string of the molecule is C[C@H](NC(=O)C1(O)CCSC1)c1ccccc1. The third-order valence-corrected chi connectivity index (χ3v) is 4.25. The minimum atomic E-state index is -1.17. The molecule has 1 aliphatic rings. The van der Waals surface area contributed by atoms with Gasteiger partial charge in [0.15, 0.2) is 5.60 Å². The monoisotopic (exact) mass is 251 g/mol. The Morgan fingerprint density at radius 1 is 1.47 bits per heavy atom. The molecule has 0 saturated carbocycles. The van der Waals surface area contributed by atoms with Gasteiger partial charge in [0.05, 0.1) is 6.04 Å². The fraction of sp³-hybridized carbons (Fsp3) is 0.462. The van der Waals surface area contributed by atoms with Crippen molar-refractivity contribution in [3.8, 4) is 0 Å². The van der Waals surface area contributed by atoms with Crippen LogP contribution in [-0.4, -0.2) is 28.1 Å². The molecule has 1 heterocycles. The molecule has 1 aliphatic heterocycles. The minimum Gasteiger partial charge on any atom is -0.379 e. The van der Waals surface area contributed by atoms with Gasteiger partial charge in [-0.3, -0.25) is 4.79 Å². The number of hydrogen-bond acceptors (Lipinski definition) is 3. The van der Waals surface area contributed by atoms with Gasteiger partial charge in [-0.15, -0.1) is 0 Å². The Bertz CT molecular complexity index is 388. The molecule has 1 saturated heterocycles. The normalized spacial score (nSPS) is 25.5. The lowest BCUT2D eigenvalue weighted by molar-refractivity contribution is -0.137. The number of carbonyl (C=O) groups excluding carboxylic acids is 1.